The van der Waals surface area contributed by atoms with Crippen LogP contribution in [0.3, 0.4) is 0 Å². The van der Waals surface area contributed by atoms with Gasteiger partial charge in [0.05, 0.1) is 4.90 Å². The van der Waals surface area contributed by atoms with Gasteiger partial charge in [-0.3, -0.25) is 4.79 Å². The zero-order valence-electron chi connectivity index (χ0n) is 12.1. The highest BCUT2D eigenvalue weighted by molar-refractivity contribution is 7.90. The molecule has 0 bridgehead atoms. The summed E-state index contributed by atoms with van der Waals surface area (Å²) in [6.45, 7) is 0. The van der Waals surface area contributed by atoms with E-state index < -0.39 is 15.8 Å². The molecule has 7 heteroatoms. The fraction of sp³-hybridized carbons (Fsp3) is 0.125. The maximum Gasteiger partial charge on any atom is 0.241 e. The quantitative estimate of drug-likeness (QED) is 0.780. The summed E-state index contributed by atoms with van der Waals surface area (Å²) in [4.78, 5) is 16.8. The van der Waals surface area contributed by atoms with E-state index >= 15 is 0 Å². The molecule has 0 radical (unpaired) electrons. The van der Waals surface area contributed by atoms with Crippen molar-refractivity contribution in [3.8, 4) is 0 Å². The minimum atomic E-state index is -3.36. The molecule has 0 saturated heterocycles. The lowest BCUT2D eigenvalue weighted by atomic mass is 10.0. The van der Waals surface area contributed by atoms with Crippen molar-refractivity contribution >= 4 is 32.5 Å². The predicted octanol–water partition coefficient (Wildman–Crippen LogP) is 2.32. The number of carbonyl (C=O) groups is 1. The Morgan fingerprint density at radius 1 is 1.17 bits per heavy atom. The Labute approximate surface area is 132 Å². The summed E-state index contributed by atoms with van der Waals surface area (Å²) >= 11 is 0. The van der Waals surface area contributed by atoms with Gasteiger partial charge in [-0.1, -0.05) is 12.1 Å². The molecule has 2 heterocycles. The number of sulfone groups is 1. The topological polar surface area (TPSA) is 89.3 Å². The molecule has 0 saturated carbocycles. The molecule has 3 aromatic rings. The first-order valence-corrected chi connectivity index (χ1v) is 8.83. The predicted molar refractivity (Wildman–Crippen MR) is 84.0 cm³/mol. The van der Waals surface area contributed by atoms with Crippen LogP contribution in [0.2, 0.25) is 0 Å². The molecule has 1 N–H and O–H groups in total. The van der Waals surface area contributed by atoms with E-state index in [0.717, 1.165) is 6.26 Å². The minimum absolute atomic E-state index is 0.161. The molecule has 1 amide bonds. The van der Waals surface area contributed by atoms with Crippen molar-refractivity contribution in [2.24, 2.45) is 0 Å². The van der Waals surface area contributed by atoms with Gasteiger partial charge < -0.3 is 9.73 Å². The summed E-state index contributed by atoms with van der Waals surface area (Å²) in [7, 11) is -3.36. The number of amides is 1. The maximum absolute atomic E-state index is 12.3. The largest absolute Gasteiger partial charge is 0.439 e. The van der Waals surface area contributed by atoms with Gasteiger partial charge in [0.15, 0.2) is 15.4 Å². The molecule has 0 spiro atoms. The van der Waals surface area contributed by atoms with Crippen LogP contribution in [0.25, 0.3) is 11.1 Å². The minimum Gasteiger partial charge on any atom is -0.439 e. The van der Waals surface area contributed by atoms with Crippen LogP contribution in [0.1, 0.15) is 17.4 Å². The van der Waals surface area contributed by atoms with E-state index in [0.29, 0.717) is 22.4 Å². The summed E-state index contributed by atoms with van der Waals surface area (Å²) in [5.74, 6) is -0.774. The molecule has 1 unspecified atom stereocenters. The lowest BCUT2D eigenvalue weighted by molar-refractivity contribution is -0.116. The molecule has 0 aliphatic carbocycles. The van der Waals surface area contributed by atoms with Crippen LogP contribution in [0.4, 0.5) is 5.69 Å². The molecule has 2 aromatic carbocycles. The molecule has 6 nitrogen and oxygen atoms in total. The van der Waals surface area contributed by atoms with Gasteiger partial charge in [-0.2, -0.15) is 0 Å². The van der Waals surface area contributed by atoms with Crippen molar-refractivity contribution in [2.75, 3.05) is 11.6 Å². The van der Waals surface area contributed by atoms with Crippen molar-refractivity contribution in [1.82, 2.24) is 4.98 Å². The Kier molecular flexibility index (Phi) is 2.83. The van der Waals surface area contributed by atoms with Gasteiger partial charge in [-0.25, -0.2) is 13.4 Å². The lowest BCUT2D eigenvalue weighted by Gasteiger charge is -2.06. The van der Waals surface area contributed by atoms with E-state index in [9.17, 15) is 13.2 Å². The molecule has 0 fully saturated rings. The van der Waals surface area contributed by atoms with Crippen LogP contribution in [-0.4, -0.2) is 25.6 Å². The Morgan fingerprint density at radius 2 is 1.96 bits per heavy atom. The lowest BCUT2D eigenvalue weighted by Crippen LogP contribution is -2.13. The van der Waals surface area contributed by atoms with Crippen LogP contribution in [0, 0.1) is 0 Å². The van der Waals surface area contributed by atoms with Crippen LogP contribution >= 0.6 is 0 Å². The second-order valence-corrected chi connectivity index (χ2v) is 7.48. The van der Waals surface area contributed by atoms with Gasteiger partial charge >= 0.3 is 0 Å². The van der Waals surface area contributed by atoms with E-state index in [4.69, 9.17) is 4.42 Å². The highest BCUT2D eigenvalue weighted by Crippen LogP contribution is 2.38. The zero-order valence-corrected chi connectivity index (χ0v) is 12.9. The smallest absolute Gasteiger partial charge is 0.241 e. The first-order chi connectivity index (χ1) is 10.9. The van der Waals surface area contributed by atoms with Crippen molar-refractivity contribution in [3.05, 3.63) is 53.9 Å². The van der Waals surface area contributed by atoms with Crippen molar-refractivity contribution in [1.29, 1.82) is 0 Å². The van der Waals surface area contributed by atoms with Crippen LogP contribution in [-0.2, 0) is 14.6 Å². The SMILES string of the molecule is CS(=O)(=O)c1ccc2c(c1)C(c1nc3ccccc3o1)C(=O)N2. The second kappa shape index (κ2) is 4.66. The second-order valence-electron chi connectivity index (χ2n) is 5.46. The molecule has 1 atom stereocenters. The molecule has 1 aliphatic rings. The van der Waals surface area contributed by atoms with E-state index in [-0.39, 0.29) is 16.7 Å². The molecule has 1 aromatic heterocycles. The van der Waals surface area contributed by atoms with Crippen molar-refractivity contribution in [3.63, 3.8) is 0 Å². The highest BCUT2D eigenvalue weighted by atomic mass is 32.2. The Morgan fingerprint density at radius 3 is 2.70 bits per heavy atom. The number of aromatic nitrogens is 1. The first-order valence-electron chi connectivity index (χ1n) is 6.94. The number of rotatable bonds is 2. The standard InChI is InChI=1S/C16H12N2O4S/c1-23(20,21)9-6-7-11-10(8-9)14(15(19)17-11)16-18-12-4-2-3-5-13(12)22-16/h2-8,14H,1H3,(H,17,19). The summed E-state index contributed by atoms with van der Waals surface area (Å²) < 4.78 is 29.2. The normalized spacial score (nSPS) is 17.3. The molecule has 1 aliphatic heterocycles. The third kappa shape index (κ3) is 2.20. The van der Waals surface area contributed by atoms with E-state index in [1.807, 2.05) is 12.1 Å². The average molecular weight is 328 g/mol. The molecule has 116 valence electrons. The van der Waals surface area contributed by atoms with Crippen LogP contribution in [0.5, 0.6) is 0 Å². The Hall–Kier alpha value is -2.67. The summed E-state index contributed by atoms with van der Waals surface area (Å²) in [6.07, 6.45) is 1.13. The number of anilines is 1. The van der Waals surface area contributed by atoms with E-state index in [2.05, 4.69) is 10.3 Å². The molecular formula is C16H12N2O4S. The molecule has 23 heavy (non-hydrogen) atoms. The number of benzene rings is 2. The van der Waals surface area contributed by atoms with Gasteiger partial charge in [0.25, 0.3) is 0 Å². The maximum atomic E-state index is 12.3. The van der Waals surface area contributed by atoms with Gasteiger partial charge in [0, 0.05) is 11.9 Å². The third-order valence-electron chi connectivity index (χ3n) is 3.84. The Bertz CT molecular complexity index is 1020. The van der Waals surface area contributed by atoms with Crippen molar-refractivity contribution < 1.29 is 17.6 Å². The van der Waals surface area contributed by atoms with Crippen molar-refractivity contribution in [2.45, 2.75) is 10.8 Å². The first kappa shape index (κ1) is 14.0. The van der Waals surface area contributed by atoms with Gasteiger partial charge in [-0.15, -0.1) is 0 Å². The Balaban J connectivity index is 1.89. The molecular weight excluding hydrogens is 316 g/mol. The fourth-order valence-corrected chi connectivity index (χ4v) is 3.39. The third-order valence-corrected chi connectivity index (χ3v) is 4.95. The highest BCUT2D eigenvalue weighted by Gasteiger charge is 2.36. The van der Waals surface area contributed by atoms with Gasteiger partial charge in [0.1, 0.15) is 11.4 Å². The number of oxazole rings is 1. The summed E-state index contributed by atoms with van der Waals surface area (Å²) in [6, 6.07) is 11.8. The number of nitrogens with zero attached hydrogens (tertiary/aromatic N) is 1. The number of carbonyl (C=O) groups excluding carboxylic acids is 1. The van der Waals surface area contributed by atoms with E-state index in [1.54, 1.807) is 18.2 Å². The number of hydrogen-bond acceptors (Lipinski definition) is 5. The van der Waals surface area contributed by atoms with Crippen LogP contribution < -0.4 is 5.32 Å². The average Bonchev–Trinajstić information content (AvgIpc) is 3.04. The number of fused-ring (bicyclic) bond motifs is 2. The fourth-order valence-electron chi connectivity index (χ4n) is 2.73. The number of para-hydroxylation sites is 2. The monoisotopic (exact) mass is 328 g/mol. The summed E-state index contributed by atoms with van der Waals surface area (Å²) in [5.41, 5.74) is 2.38. The molecule has 4 rings (SSSR count). The van der Waals surface area contributed by atoms with Gasteiger partial charge in [0.2, 0.25) is 11.8 Å². The summed E-state index contributed by atoms with van der Waals surface area (Å²) in [5, 5.41) is 2.74. The van der Waals surface area contributed by atoms with Gasteiger partial charge in [-0.05, 0) is 35.9 Å². The number of nitrogens with one attached hydrogen (secondary N) is 1. The number of hydrogen-bond donors (Lipinski definition) is 1. The van der Waals surface area contributed by atoms with Crippen LogP contribution in [0.15, 0.2) is 51.8 Å². The van der Waals surface area contributed by atoms with E-state index in [1.165, 1.54) is 12.1 Å². The zero-order chi connectivity index (χ0) is 16.2.